The fraction of sp³-hybridized carbons (Fsp3) is 0.500. The molecule has 1 amide bonds. The van der Waals surface area contributed by atoms with E-state index in [1.807, 2.05) is 13.8 Å². The fourth-order valence-corrected chi connectivity index (χ4v) is 3.54. The number of carbonyl (C=O) groups excluding carboxylic acids is 1. The highest BCUT2D eigenvalue weighted by atomic mass is 32.2. The number of hydrogen-bond donors (Lipinski definition) is 1. The molecule has 0 unspecified atom stereocenters. The number of rotatable bonds is 4. The Morgan fingerprint density at radius 2 is 1.86 bits per heavy atom. The average molecular weight is 312 g/mol. The maximum absolute atomic E-state index is 12.5. The predicted molar refractivity (Wildman–Crippen MR) is 78.6 cm³/mol. The molecule has 1 fully saturated rings. The van der Waals surface area contributed by atoms with Crippen molar-refractivity contribution in [3.05, 3.63) is 24.3 Å². The van der Waals surface area contributed by atoms with Gasteiger partial charge >= 0.3 is 0 Å². The number of nitrogens with one attached hydrogen (secondary N) is 1. The van der Waals surface area contributed by atoms with Crippen molar-refractivity contribution in [2.45, 2.75) is 31.3 Å². The van der Waals surface area contributed by atoms with E-state index < -0.39 is 10.0 Å². The fourth-order valence-electron chi connectivity index (χ4n) is 2.10. The second-order valence-corrected chi connectivity index (χ2v) is 7.08. The van der Waals surface area contributed by atoms with Crippen molar-refractivity contribution in [2.75, 3.05) is 19.6 Å². The van der Waals surface area contributed by atoms with E-state index in [4.69, 9.17) is 4.74 Å². The smallest absolute Gasteiger partial charge is 0.243 e. The molecule has 1 heterocycles. The summed E-state index contributed by atoms with van der Waals surface area (Å²) < 4.78 is 31.9. The zero-order valence-electron chi connectivity index (χ0n) is 12.2. The van der Waals surface area contributed by atoms with Crippen molar-refractivity contribution in [1.82, 2.24) is 9.62 Å². The van der Waals surface area contributed by atoms with Crippen molar-refractivity contribution < 1.29 is 17.9 Å². The van der Waals surface area contributed by atoms with Crippen LogP contribution in [0.25, 0.3) is 0 Å². The summed E-state index contributed by atoms with van der Waals surface area (Å²) in [6.07, 6.45) is 0.225. The number of sulfonamides is 1. The first-order valence-electron chi connectivity index (χ1n) is 6.93. The van der Waals surface area contributed by atoms with E-state index in [1.165, 1.54) is 16.4 Å². The van der Waals surface area contributed by atoms with E-state index in [9.17, 15) is 13.2 Å². The topological polar surface area (TPSA) is 75.7 Å². The molecule has 1 aliphatic rings. The Bertz CT molecular complexity index is 596. The second-order valence-electron chi connectivity index (χ2n) is 5.14. The highest BCUT2D eigenvalue weighted by molar-refractivity contribution is 7.89. The number of benzene rings is 1. The lowest BCUT2D eigenvalue weighted by Gasteiger charge is -2.19. The number of amides is 1. The highest BCUT2D eigenvalue weighted by Gasteiger charge is 2.26. The van der Waals surface area contributed by atoms with E-state index in [1.54, 1.807) is 12.1 Å². The Hall–Kier alpha value is -1.60. The lowest BCUT2D eigenvalue weighted by molar-refractivity contribution is -0.120. The van der Waals surface area contributed by atoms with Crippen molar-refractivity contribution in [2.24, 2.45) is 0 Å². The SMILES string of the molecule is CC(C)Oc1ccc(S(=O)(=O)N2CCNC(=O)CC2)cc1. The lowest BCUT2D eigenvalue weighted by atomic mass is 10.3. The van der Waals surface area contributed by atoms with Crippen LogP contribution in [0.3, 0.4) is 0 Å². The summed E-state index contributed by atoms with van der Waals surface area (Å²) in [6, 6.07) is 6.36. The van der Waals surface area contributed by atoms with Gasteiger partial charge in [0, 0.05) is 26.1 Å². The molecule has 6 nitrogen and oxygen atoms in total. The van der Waals surface area contributed by atoms with Crippen LogP contribution >= 0.6 is 0 Å². The van der Waals surface area contributed by atoms with Gasteiger partial charge in [0.2, 0.25) is 15.9 Å². The van der Waals surface area contributed by atoms with Crippen LogP contribution in [-0.4, -0.2) is 44.4 Å². The van der Waals surface area contributed by atoms with Gasteiger partial charge in [0.05, 0.1) is 11.0 Å². The molecule has 1 aliphatic heterocycles. The normalized spacial score (nSPS) is 17.4. The number of ether oxygens (including phenoxy) is 1. The van der Waals surface area contributed by atoms with Gasteiger partial charge in [0.1, 0.15) is 5.75 Å². The molecular weight excluding hydrogens is 292 g/mol. The van der Waals surface area contributed by atoms with Crippen molar-refractivity contribution >= 4 is 15.9 Å². The van der Waals surface area contributed by atoms with Gasteiger partial charge in [0.25, 0.3) is 0 Å². The minimum Gasteiger partial charge on any atom is -0.491 e. The quantitative estimate of drug-likeness (QED) is 0.899. The maximum atomic E-state index is 12.5. The van der Waals surface area contributed by atoms with Gasteiger partial charge in [-0.25, -0.2) is 8.42 Å². The van der Waals surface area contributed by atoms with Crippen LogP contribution in [-0.2, 0) is 14.8 Å². The molecule has 0 spiro atoms. The molecular formula is C14H20N2O4S. The van der Waals surface area contributed by atoms with Gasteiger partial charge in [0.15, 0.2) is 0 Å². The Morgan fingerprint density at radius 1 is 1.19 bits per heavy atom. The molecule has 0 bridgehead atoms. The Kier molecular flexibility index (Phi) is 4.84. The van der Waals surface area contributed by atoms with Crippen molar-refractivity contribution in [3.63, 3.8) is 0 Å². The van der Waals surface area contributed by atoms with E-state index in [2.05, 4.69) is 5.32 Å². The Morgan fingerprint density at radius 3 is 2.48 bits per heavy atom. The van der Waals surface area contributed by atoms with Crippen molar-refractivity contribution in [1.29, 1.82) is 0 Å². The van der Waals surface area contributed by atoms with Gasteiger partial charge in [-0.05, 0) is 38.1 Å². The molecule has 21 heavy (non-hydrogen) atoms. The average Bonchev–Trinajstić information content (AvgIpc) is 2.64. The van der Waals surface area contributed by atoms with Crippen LogP contribution in [0.15, 0.2) is 29.2 Å². The zero-order valence-corrected chi connectivity index (χ0v) is 13.0. The molecule has 2 rings (SSSR count). The zero-order chi connectivity index (χ0) is 15.5. The third-order valence-corrected chi connectivity index (χ3v) is 5.02. The molecule has 0 aliphatic carbocycles. The second kappa shape index (κ2) is 6.44. The highest BCUT2D eigenvalue weighted by Crippen LogP contribution is 2.20. The maximum Gasteiger partial charge on any atom is 0.243 e. The van der Waals surface area contributed by atoms with Gasteiger partial charge in [-0.1, -0.05) is 0 Å². The summed E-state index contributed by atoms with van der Waals surface area (Å²) in [4.78, 5) is 11.5. The van der Waals surface area contributed by atoms with Crippen LogP contribution in [0, 0.1) is 0 Å². The third kappa shape index (κ3) is 3.95. The van der Waals surface area contributed by atoms with Gasteiger partial charge < -0.3 is 10.1 Å². The van der Waals surface area contributed by atoms with E-state index in [-0.39, 0.29) is 36.4 Å². The lowest BCUT2D eigenvalue weighted by Crippen LogP contribution is -2.34. The molecule has 0 radical (unpaired) electrons. The standard InChI is InChI=1S/C14H20N2O4S/c1-11(2)20-12-3-5-13(6-4-12)21(18,19)16-9-7-14(17)15-8-10-16/h3-6,11H,7-10H2,1-2H3,(H,15,17). The molecule has 7 heteroatoms. The van der Waals surface area contributed by atoms with Crippen molar-refractivity contribution in [3.8, 4) is 5.75 Å². The van der Waals surface area contributed by atoms with E-state index >= 15 is 0 Å². The van der Waals surface area contributed by atoms with E-state index in [0.717, 1.165) is 0 Å². The van der Waals surface area contributed by atoms with Crippen LogP contribution in [0.1, 0.15) is 20.3 Å². The van der Waals surface area contributed by atoms with Crippen LogP contribution in [0.5, 0.6) is 5.75 Å². The number of hydrogen-bond acceptors (Lipinski definition) is 4. The number of carbonyl (C=O) groups is 1. The first kappa shape index (κ1) is 15.8. The minimum atomic E-state index is -3.57. The summed E-state index contributed by atoms with van der Waals surface area (Å²) in [7, 11) is -3.57. The van der Waals surface area contributed by atoms with Crippen LogP contribution in [0.4, 0.5) is 0 Å². The molecule has 116 valence electrons. The molecule has 1 N–H and O–H groups in total. The van der Waals surface area contributed by atoms with Crippen LogP contribution in [0.2, 0.25) is 0 Å². The largest absolute Gasteiger partial charge is 0.491 e. The monoisotopic (exact) mass is 312 g/mol. The van der Waals surface area contributed by atoms with Crippen LogP contribution < -0.4 is 10.1 Å². The predicted octanol–water partition coefficient (Wildman–Crippen LogP) is 0.984. The van der Waals surface area contributed by atoms with Gasteiger partial charge in [-0.3, -0.25) is 4.79 Å². The number of nitrogens with zero attached hydrogens (tertiary/aromatic N) is 1. The summed E-state index contributed by atoms with van der Waals surface area (Å²) in [5.41, 5.74) is 0. The molecule has 1 aromatic rings. The first-order chi connectivity index (χ1) is 9.89. The molecule has 0 saturated carbocycles. The third-order valence-electron chi connectivity index (χ3n) is 3.10. The molecule has 1 aromatic carbocycles. The molecule has 0 atom stereocenters. The minimum absolute atomic E-state index is 0.0372. The molecule has 0 aromatic heterocycles. The van der Waals surface area contributed by atoms with Gasteiger partial charge in [-0.2, -0.15) is 4.31 Å². The van der Waals surface area contributed by atoms with E-state index in [0.29, 0.717) is 12.3 Å². The van der Waals surface area contributed by atoms with Gasteiger partial charge in [-0.15, -0.1) is 0 Å². The molecule has 1 saturated heterocycles. The summed E-state index contributed by atoms with van der Waals surface area (Å²) in [6.45, 7) is 4.65. The first-order valence-corrected chi connectivity index (χ1v) is 8.37. The summed E-state index contributed by atoms with van der Waals surface area (Å²) in [5.74, 6) is 0.519. The summed E-state index contributed by atoms with van der Waals surface area (Å²) >= 11 is 0. The Labute approximate surface area is 125 Å². The summed E-state index contributed by atoms with van der Waals surface area (Å²) in [5, 5.41) is 2.66. The Balaban J connectivity index is 2.16.